The van der Waals surface area contributed by atoms with E-state index < -0.39 is 5.91 Å². The summed E-state index contributed by atoms with van der Waals surface area (Å²) in [6.07, 6.45) is 1.44. The number of hydrogen-bond acceptors (Lipinski definition) is 6. The van der Waals surface area contributed by atoms with E-state index in [2.05, 4.69) is 20.5 Å². The molecule has 2 N–H and O–H groups in total. The first-order chi connectivity index (χ1) is 17.8. The second-order valence-electron chi connectivity index (χ2n) is 8.71. The van der Waals surface area contributed by atoms with Crippen molar-refractivity contribution in [1.29, 1.82) is 0 Å². The molecule has 0 spiro atoms. The number of carbonyl (C=O) groups excluding carboxylic acids is 3. The van der Waals surface area contributed by atoms with Crippen LogP contribution >= 0.6 is 11.6 Å². The van der Waals surface area contributed by atoms with E-state index in [1.54, 1.807) is 60.5 Å². The van der Waals surface area contributed by atoms with Gasteiger partial charge in [0.15, 0.2) is 0 Å². The molecule has 0 aliphatic carbocycles. The highest BCUT2D eigenvalue weighted by Gasteiger charge is 2.19. The second kappa shape index (κ2) is 12.0. The number of carbonyl (C=O) groups is 3. The van der Waals surface area contributed by atoms with Gasteiger partial charge in [-0.2, -0.15) is 0 Å². The minimum Gasteiger partial charge on any atom is -0.379 e. The molecule has 37 heavy (non-hydrogen) atoms. The summed E-state index contributed by atoms with van der Waals surface area (Å²) < 4.78 is 5.33. The Morgan fingerprint density at radius 1 is 1.00 bits per heavy atom. The first-order valence-corrected chi connectivity index (χ1v) is 12.2. The predicted molar refractivity (Wildman–Crippen MR) is 143 cm³/mol. The zero-order valence-electron chi connectivity index (χ0n) is 20.7. The number of likely N-dealkylation sites (N-methyl/N-ethyl adjacent to an activating group) is 1. The molecule has 1 aliphatic rings. The van der Waals surface area contributed by atoms with Crippen LogP contribution in [0.25, 0.3) is 0 Å². The van der Waals surface area contributed by atoms with E-state index in [-0.39, 0.29) is 11.8 Å². The third-order valence-electron chi connectivity index (χ3n) is 5.99. The number of hydrogen-bond donors (Lipinski definition) is 2. The molecule has 1 fully saturated rings. The highest BCUT2D eigenvalue weighted by Crippen LogP contribution is 2.21. The molecule has 3 aromatic rings. The normalized spacial score (nSPS) is 13.6. The fraction of sp³-hybridized carbons (Fsp3) is 0.259. The SMILES string of the molecule is Cc1ccc(NC(=O)c2ccc(N(C)C(=O)CN3CCOCC3)cc2)c(C(=O)Nc2ccc(Cl)cn2)c1. The third-order valence-corrected chi connectivity index (χ3v) is 6.21. The fourth-order valence-corrected chi connectivity index (χ4v) is 3.93. The fourth-order valence-electron chi connectivity index (χ4n) is 3.82. The minimum atomic E-state index is -0.412. The zero-order chi connectivity index (χ0) is 26.4. The van der Waals surface area contributed by atoms with E-state index in [1.165, 1.54) is 6.20 Å². The van der Waals surface area contributed by atoms with Crippen molar-refractivity contribution in [3.63, 3.8) is 0 Å². The average Bonchev–Trinajstić information content (AvgIpc) is 2.91. The number of aryl methyl sites for hydroxylation is 1. The maximum atomic E-state index is 13.0. The Balaban J connectivity index is 1.42. The van der Waals surface area contributed by atoms with Gasteiger partial charge in [0.1, 0.15) is 5.82 Å². The standard InChI is InChI=1S/C27H28ClN5O4/c1-18-3-9-23(22(15-18)27(36)31-24-10-6-20(28)16-29-24)30-26(35)19-4-7-21(8-5-19)32(2)25(34)17-33-11-13-37-14-12-33/h3-10,15-16H,11-14,17H2,1-2H3,(H,30,35)(H,29,31,36). The van der Waals surface area contributed by atoms with Crippen LogP contribution in [0.4, 0.5) is 17.2 Å². The molecule has 2 heterocycles. The maximum absolute atomic E-state index is 13.0. The average molecular weight is 522 g/mol. The van der Waals surface area contributed by atoms with E-state index in [0.29, 0.717) is 53.1 Å². The lowest BCUT2D eigenvalue weighted by Gasteiger charge is -2.28. The number of halogens is 1. The number of amides is 3. The maximum Gasteiger partial charge on any atom is 0.258 e. The molecule has 0 bridgehead atoms. The van der Waals surface area contributed by atoms with Crippen molar-refractivity contribution >= 4 is 46.5 Å². The van der Waals surface area contributed by atoms with Crippen LogP contribution in [-0.2, 0) is 9.53 Å². The lowest BCUT2D eigenvalue weighted by atomic mass is 10.1. The van der Waals surface area contributed by atoms with E-state index in [1.807, 2.05) is 13.0 Å². The Bertz CT molecular complexity index is 1270. The van der Waals surface area contributed by atoms with Crippen LogP contribution in [0.3, 0.4) is 0 Å². The van der Waals surface area contributed by atoms with Gasteiger partial charge in [0.2, 0.25) is 5.91 Å². The van der Waals surface area contributed by atoms with Gasteiger partial charge in [-0.1, -0.05) is 23.2 Å². The molecule has 0 unspecified atom stereocenters. The first-order valence-electron chi connectivity index (χ1n) is 11.8. The van der Waals surface area contributed by atoms with Crippen LogP contribution in [0.5, 0.6) is 0 Å². The number of nitrogens with zero attached hydrogens (tertiary/aromatic N) is 3. The molecule has 0 atom stereocenters. The Hall–Kier alpha value is -3.79. The van der Waals surface area contributed by atoms with Crippen molar-refractivity contribution < 1.29 is 19.1 Å². The lowest BCUT2D eigenvalue weighted by molar-refractivity contribution is -0.120. The molecule has 0 radical (unpaired) electrons. The van der Waals surface area contributed by atoms with Gasteiger partial charge in [0.25, 0.3) is 11.8 Å². The summed E-state index contributed by atoms with van der Waals surface area (Å²) in [5, 5.41) is 5.99. The molecular weight excluding hydrogens is 494 g/mol. The molecule has 4 rings (SSSR count). The molecule has 1 saturated heterocycles. The van der Waals surface area contributed by atoms with Gasteiger partial charge in [0.05, 0.1) is 36.0 Å². The van der Waals surface area contributed by atoms with Crippen molar-refractivity contribution in [1.82, 2.24) is 9.88 Å². The topological polar surface area (TPSA) is 104 Å². The van der Waals surface area contributed by atoms with Crippen LogP contribution in [0, 0.1) is 6.92 Å². The number of benzene rings is 2. The van der Waals surface area contributed by atoms with Crippen LogP contribution < -0.4 is 15.5 Å². The van der Waals surface area contributed by atoms with E-state index in [0.717, 1.165) is 18.7 Å². The minimum absolute atomic E-state index is 0.0374. The molecule has 3 amide bonds. The smallest absolute Gasteiger partial charge is 0.258 e. The van der Waals surface area contributed by atoms with Gasteiger partial charge in [-0.15, -0.1) is 0 Å². The predicted octanol–water partition coefficient (Wildman–Crippen LogP) is 3.84. The summed E-state index contributed by atoms with van der Waals surface area (Å²) in [5.74, 6) is -0.485. The third kappa shape index (κ3) is 6.91. The second-order valence-corrected chi connectivity index (χ2v) is 9.14. The lowest BCUT2D eigenvalue weighted by Crippen LogP contribution is -2.43. The van der Waals surface area contributed by atoms with E-state index >= 15 is 0 Å². The number of pyridine rings is 1. The molecular formula is C27H28ClN5O4. The Labute approximate surface area is 220 Å². The number of nitrogens with one attached hydrogen (secondary N) is 2. The van der Waals surface area contributed by atoms with E-state index in [4.69, 9.17) is 16.3 Å². The molecule has 192 valence electrons. The summed E-state index contributed by atoms with van der Waals surface area (Å²) in [6, 6.07) is 15.2. The molecule has 0 saturated carbocycles. The van der Waals surface area contributed by atoms with Crippen LogP contribution in [0.2, 0.25) is 5.02 Å². The molecule has 10 heteroatoms. The summed E-state index contributed by atoms with van der Waals surface area (Å²) in [4.78, 5) is 46.3. The summed E-state index contributed by atoms with van der Waals surface area (Å²) in [7, 11) is 1.71. The molecule has 1 aliphatic heterocycles. The highest BCUT2D eigenvalue weighted by atomic mass is 35.5. The zero-order valence-corrected chi connectivity index (χ0v) is 21.4. The number of ether oxygens (including phenoxy) is 1. The van der Waals surface area contributed by atoms with Gasteiger partial charge >= 0.3 is 0 Å². The Morgan fingerprint density at radius 3 is 2.41 bits per heavy atom. The number of morpholine rings is 1. The van der Waals surface area contributed by atoms with Gasteiger partial charge < -0.3 is 20.3 Å². The van der Waals surface area contributed by atoms with Crippen molar-refractivity contribution in [3.8, 4) is 0 Å². The van der Waals surface area contributed by atoms with Crippen LogP contribution in [-0.4, -0.2) is 67.5 Å². The Kier molecular flexibility index (Phi) is 8.50. The monoisotopic (exact) mass is 521 g/mol. The largest absolute Gasteiger partial charge is 0.379 e. The van der Waals surface area contributed by atoms with Gasteiger partial charge in [0, 0.05) is 37.6 Å². The number of anilines is 3. The van der Waals surface area contributed by atoms with Crippen molar-refractivity contribution in [2.45, 2.75) is 6.92 Å². The molecule has 9 nitrogen and oxygen atoms in total. The van der Waals surface area contributed by atoms with Crippen LogP contribution in [0.15, 0.2) is 60.8 Å². The summed E-state index contributed by atoms with van der Waals surface area (Å²) in [6.45, 7) is 4.89. The molecule has 1 aromatic heterocycles. The summed E-state index contributed by atoms with van der Waals surface area (Å²) >= 11 is 5.86. The van der Waals surface area contributed by atoms with Gasteiger partial charge in [-0.05, 0) is 55.5 Å². The first kappa shape index (κ1) is 26.3. The Morgan fingerprint density at radius 2 is 1.73 bits per heavy atom. The van der Waals surface area contributed by atoms with Gasteiger partial charge in [-0.3, -0.25) is 19.3 Å². The quantitative estimate of drug-likeness (QED) is 0.489. The number of aromatic nitrogens is 1. The summed E-state index contributed by atoms with van der Waals surface area (Å²) in [5.41, 5.74) is 2.60. The van der Waals surface area contributed by atoms with Crippen molar-refractivity contribution in [2.24, 2.45) is 0 Å². The van der Waals surface area contributed by atoms with Crippen LogP contribution in [0.1, 0.15) is 26.3 Å². The molecule has 2 aromatic carbocycles. The number of rotatable bonds is 7. The van der Waals surface area contributed by atoms with Crippen molar-refractivity contribution in [3.05, 3.63) is 82.5 Å². The van der Waals surface area contributed by atoms with Gasteiger partial charge in [-0.25, -0.2) is 4.98 Å². The van der Waals surface area contributed by atoms with Crippen molar-refractivity contribution in [2.75, 3.05) is 55.4 Å². The van der Waals surface area contributed by atoms with E-state index in [9.17, 15) is 14.4 Å². The highest BCUT2D eigenvalue weighted by molar-refractivity contribution is 6.30.